The van der Waals surface area contributed by atoms with Gasteiger partial charge in [0.15, 0.2) is 0 Å². The predicted molar refractivity (Wildman–Crippen MR) is 49.0 cm³/mol. The van der Waals surface area contributed by atoms with Crippen LogP contribution >= 0.6 is 0 Å². The van der Waals surface area contributed by atoms with Gasteiger partial charge in [0.05, 0.1) is 6.54 Å². The number of hydrogen-bond donors (Lipinski definition) is 1. The summed E-state index contributed by atoms with van der Waals surface area (Å²) in [6, 6.07) is 0. The van der Waals surface area contributed by atoms with E-state index in [1.54, 1.807) is 4.90 Å². The van der Waals surface area contributed by atoms with Crippen LogP contribution in [-0.4, -0.2) is 36.3 Å². The molecule has 74 valence electrons. The fourth-order valence-corrected chi connectivity index (χ4v) is 1.37. The highest BCUT2D eigenvalue weighted by molar-refractivity contribution is 5.87. The predicted octanol–water partition coefficient (Wildman–Crippen LogP) is -0.00910. The second-order valence-electron chi connectivity index (χ2n) is 3.76. The van der Waals surface area contributed by atoms with E-state index < -0.39 is 0 Å². The lowest BCUT2D eigenvalue weighted by atomic mass is 10.2. The van der Waals surface area contributed by atoms with Gasteiger partial charge in [-0.1, -0.05) is 13.8 Å². The van der Waals surface area contributed by atoms with Crippen molar-refractivity contribution in [3.8, 4) is 0 Å². The summed E-state index contributed by atoms with van der Waals surface area (Å²) >= 11 is 0. The molecular weight excluding hydrogens is 168 g/mol. The van der Waals surface area contributed by atoms with E-state index in [9.17, 15) is 9.59 Å². The Morgan fingerprint density at radius 3 is 2.77 bits per heavy atom. The molecule has 0 aromatic rings. The molecule has 1 heterocycles. The van der Waals surface area contributed by atoms with Crippen molar-refractivity contribution in [2.75, 3.05) is 19.6 Å². The van der Waals surface area contributed by atoms with E-state index in [-0.39, 0.29) is 18.4 Å². The molecular formula is C9H16N2O2. The summed E-state index contributed by atoms with van der Waals surface area (Å²) < 4.78 is 0. The van der Waals surface area contributed by atoms with Crippen molar-refractivity contribution in [3.05, 3.63) is 0 Å². The van der Waals surface area contributed by atoms with E-state index in [0.717, 1.165) is 6.54 Å². The summed E-state index contributed by atoms with van der Waals surface area (Å²) in [7, 11) is 0. The summed E-state index contributed by atoms with van der Waals surface area (Å²) in [5, 5.41) is 2.57. The largest absolute Gasteiger partial charge is 0.347 e. The zero-order valence-electron chi connectivity index (χ0n) is 8.17. The van der Waals surface area contributed by atoms with E-state index in [4.69, 9.17) is 0 Å². The SMILES string of the molecule is CC(C)CN1CCC(=O)NCC1=O. The van der Waals surface area contributed by atoms with Crippen LogP contribution in [0.15, 0.2) is 0 Å². The number of nitrogens with zero attached hydrogens (tertiary/aromatic N) is 1. The minimum Gasteiger partial charge on any atom is -0.347 e. The number of carbonyl (C=O) groups excluding carboxylic acids is 2. The van der Waals surface area contributed by atoms with Crippen molar-refractivity contribution < 1.29 is 9.59 Å². The minimum absolute atomic E-state index is 0.0274. The molecule has 1 saturated heterocycles. The number of carbonyl (C=O) groups is 2. The fourth-order valence-electron chi connectivity index (χ4n) is 1.37. The normalized spacial score (nSPS) is 18.8. The quantitative estimate of drug-likeness (QED) is 0.656. The van der Waals surface area contributed by atoms with Gasteiger partial charge < -0.3 is 10.2 Å². The Kier molecular flexibility index (Phi) is 3.28. The van der Waals surface area contributed by atoms with Crippen LogP contribution in [0.3, 0.4) is 0 Å². The second kappa shape index (κ2) is 4.25. The summed E-state index contributed by atoms with van der Waals surface area (Å²) in [6.45, 7) is 5.59. The van der Waals surface area contributed by atoms with Crippen molar-refractivity contribution >= 4 is 11.8 Å². The molecule has 1 aliphatic rings. The molecule has 1 rings (SSSR count). The van der Waals surface area contributed by atoms with Gasteiger partial charge >= 0.3 is 0 Å². The summed E-state index contributed by atoms with van der Waals surface area (Å²) in [6.07, 6.45) is 0.429. The molecule has 0 unspecified atom stereocenters. The van der Waals surface area contributed by atoms with Gasteiger partial charge in [0.1, 0.15) is 0 Å². The van der Waals surface area contributed by atoms with Crippen LogP contribution < -0.4 is 5.32 Å². The second-order valence-corrected chi connectivity index (χ2v) is 3.76. The molecule has 0 atom stereocenters. The number of nitrogens with one attached hydrogen (secondary N) is 1. The summed E-state index contributed by atoms with van der Waals surface area (Å²) in [5.41, 5.74) is 0. The third kappa shape index (κ3) is 3.05. The maximum absolute atomic E-state index is 11.4. The molecule has 4 nitrogen and oxygen atoms in total. The summed E-state index contributed by atoms with van der Waals surface area (Å²) in [4.78, 5) is 24.1. The summed E-state index contributed by atoms with van der Waals surface area (Å²) in [5.74, 6) is 0.455. The lowest BCUT2D eigenvalue weighted by Crippen LogP contribution is -2.37. The van der Waals surface area contributed by atoms with Gasteiger partial charge in [-0.3, -0.25) is 9.59 Å². The Morgan fingerprint density at radius 2 is 2.15 bits per heavy atom. The fraction of sp³-hybridized carbons (Fsp3) is 0.778. The van der Waals surface area contributed by atoms with Crippen molar-refractivity contribution in [2.24, 2.45) is 5.92 Å². The monoisotopic (exact) mass is 184 g/mol. The average Bonchev–Trinajstić information content (AvgIpc) is 2.19. The highest BCUT2D eigenvalue weighted by atomic mass is 16.2. The molecule has 0 spiro atoms. The number of rotatable bonds is 2. The first-order valence-electron chi connectivity index (χ1n) is 4.64. The van der Waals surface area contributed by atoms with Gasteiger partial charge in [-0.15, -0.1) is 0 Å². The Balaban J connectivity index is 2.52. The van der Waals surface area contributed by atoms with Gasteiger partial charge in [0, 0.05) is 19.5 Å². The Hall–Kier alpha value is -1.06. The standard InChI is InChI=1S/C9H16N2O2/c1-7(2)6-11-4-3-8(12)10-5-9(11)13/h7H,3-6H2,1-2H3,(H,10,12). The first-order chi connectivity index (χ1) is 6.09. The van der Waals surface area contributed by atoms with Crippen LogP contribution in [0.4, 0.5) is 0 Å². The molecule has 4 heteroatoms. The molecule has 0 aromatic heterocycles. The van der Waals surface area contributed by atoms with Crippen LogP contribution in [0.2, 0.25) is 0 Å². The van der Waals surface area contributed by atoms with Gasteiger partial charge in [-0.05, 0) is 5.92 Å². The first kappa shape index (κ1) is 10.0. The van der Waals surface area contributed by atoms with Crippen molar-refractivity contribution in [1.29, 1.82) is 0 Å². The van der Waals surface area contributed by atoms with Gasteiger partial charge in [-0.2, -0.15) is 0 Å². The average molecular weight is 184 g/mol. The van der Waals surface area contributed by atoms with Crippen LogP contribution in [0.5, 0.6) is 0 Å². The lowest BCUT2D eigenvalue weighted by Gasteiger charge is -2.21. The van der Waals surface area contributed by atoms with Crippen LogP contribution in [0, 0.1) is 5.92 Å². The zero-order chi connectivity index (χ0) is 9.84. The van der Waals surface area contributed by atoms with E-state index >= 15 is 0 Å². The van der Waals surface area contributed by atoms with Gasteiger partial charge in [0.25, 0.3) is 0 Å². The van der Waals surface area contributed by atoms with Crippen LogP contribution in [-0.2, 0) is 9.59 Å². The molecule has 1 N–H and O–H groups in total. The zero-order valence-corrected chi connectivity index (χ0v) is 8.17. The molecule has 0 radical (unpaired) electrons. The van der Waals surface area contributed by atoms with E-state index in [2.05, 4.69) is 19.2 Å². The lowest BCUT2D eigenvalue weighted by molar-refractivity contribution is -0.130. The maximum Gasteiger partial charge on any atom is 0.241 e. The molecule has 0 saturated carbocycles. The molecule has 0 aliphatic carbocycles. The topological polar surface area (TPSA) is 49.4 Å². The number of hydrogen-bond acceptors (Lipinski definition) is 2. The third-order valence-electron chi connectivity index (χ3n) is 1.98. The molecule has 1 aliphatic heterocycles. The Labute approximate surface area is 78.3 Å². The van der Waals surface area contributed by atoms with Crippen molar-refractivity contribution in [3.63, 3.8) is 0 Å². The molecule has 2 amide bonds. The minimum atomic E-state index is -0.0281. The smallest absolute Gasteiger partial charge is 0.241 e. The Bertz CT molecular complexity index is 214. The molecule has 13 heavy (non-hydrogen) atoms. The number of amides is 2. The highest BCUT2D eigenvalue weighted by Crippen LogP contribution is 2.02. The van der Waals surface area contributed by atoms with Crippen LogP contribution in [0.1, 0.15) is 20.3 Å². The van der Waals surface area contributed by atoms with Crippen LogP contribution in [0.25, 0.3) is 0 Å². The van der Waals surface area contributed by atoms with Gasteiger partial charge in [0.2, 0.25) is 11.8 Å². The Morgan fingerprint density at radius 1 is 1.46 bits per heavy atom. The van der Waals surface area contributed by atoms with E-state index in [1.165, 1.54) is 0 Å². The molecule has 1 fully saturated rings. The van der Waals surface area contributed by atoms with Gasteiger partial charge in [-0.25, -0.2) is 0 Å². The van der Waals surface area contributed by atoms with Crippen molar-refractivity contribution in [2.45, 2.75) is 20.3 Å². The molecule has 0 bridgehead atoms. The van der Waals surface area contributed by atoms with Crippen molar-refractivity contribution in [1.82, 2.24) is 10.2 Å². The highest BCUT2D eigenvalue weighted by Gasteiger charge is 2.19. The molecule has 0 aromatic carbocycles. The maximum atomic E-state index is 11.4. The van der Waals surface area contributed by atoms with E-state index in [0.29, 0.717) is 18.9 Å². The first-order valence-corrected chi connectivity index (χ1v) is 4.64. The van der Waals surface area contributed by atoms with E-state index in [1.807, 2.05) is 0 Å². The third-order valence-corrected chi connectivity index (χ3v) is 1.98.